The van der Waals surface area contributed by atoms with Gasteiger partial charge in [-0.25, -0.2) is 0 Å². The van der Waals surface area contributed by atoms with E-state index in [1.165, 1.54) is 19.3 Å². The van der Waals surface area contributed by atoms with Crippen LogP contribution in [0.1, 0.15) is 24.8 Å². The standard InChI is InChI=1S/C12H15ClN2O/c13-9-4-5-10(12(14)15)11(6-9)16-7-8-2-1-3-8/h4-6,8H,1-3,7H2,(H3,14,15). The number of ether oxygens (including phenoxy) is 1. The lowest BCUT2D eigenvalue weighted by Gasteiger charge is -2.25. The van der Waals surface area contributed by atoms with Crippen LogP contribution in [0.15, 0.2) is 18.2 Å². The van der Waals surface area contributed by atoms with Crippen molar-refractivity contribution in [2.75, 3.05) is 6.61 Å². The van der Waals surface area contributed by atoms with E-state index in [-0.39, 0.29) is 5.84 Å². The molecule has 16 heavy (non-hydrogen) atoms. The van der Waals surface area contributed by atoms with E-state index in [0.29, 0.717) is 28.9 Å². The number of nitrogens with two attached hydrogens (primary N) is 1. The number of benzene rings is 1. The number of hydrogen-bond donors (Lipinski definition) is 2. The van der Waals surface area contributed by atoms with Crippen molar-refractivity contribution in [1.29, 1.82) is 5.41 Å². The number of nitrogen functional groups attached to an aromatic ring is 1. The van der Waals surface area contributed by atoms with E-state index in [1.807, 2.05) is 0 Å². The highest BCUT2D eigenvalue weighted by molar-refractivity contribution is 6.30. The molecule has 1 fully saturated rings. The van der Waals surface area contributed by atoms with Crippen molar-refractivity contribution >= 4 is 17.4 Å². The maximum atomic E-state index is 7.45. The lowest BCUT2D eigenvalue weighted by molar-refractivity contribution is 0.180. The molecule has 0 radical (unpaired) electrons. The molecule has 86 valence electrons. The van der Waals surface area contributed by atoms with Crippen LogP contribution in [0.5, 0.6) is 5.75 Å². The number of rotatable bonds is 4. The second-order valence-electron chi connectivity index (χ2n) is 4.16. The zero-order valence-corrected chi connectivity index (χ0v) is 9.76. The van der Waals surface area contributed by atoms with Gasteiger partial charge in [0.2, 0.25) is 0 Å². The Morgan fingerprint density at radius 2 is 2.25 bits per heavy atom. The highest BCUT2D eigenvalue weighted by Gasteiger charge is 2.18. The van der Waals surface area contributed by atoms with Gasteiger partial charge in [-0.15, -0.1) is 0 Å². The first kappa shape index (κ1) is 11.3. The molecule has 0 aromatic heterocycles. The van der Waals surface area contributed by atoms with Crippen LogP contribution in [0.4, 0.5) is 0 Å². The molecular weight excluding hydrogens is 224 g/mol. The van der Waals surface area contributed by atoms with Gasteiger partial charge in [0.25, 0.3) is 0 Å². The molecule has 0 bridgehead atoms. The minimum absolute atomic E-state index is 0.0141. The lowest BCUT2D eigenvalue weighted by Crippen LogP contribution is -2.21. The second-order valence-corrected chi connectivity index (χ2v) is 4.60. The summed E-state index contributed by atoms with van der Waals surface area (Å²) < 4.78 is 5.68. The molecule has 1 aliphatic carbocycles. The van der Waals surface area contributed by atoms with Gasteiger partial charge < -0.3 is 10.5 Å². The average Bonchev–Trinajstić information content (AvgIpc) is 2.14. The minimum Gasteiger partial charge on any atom is -0.492 e. The molecule has 1 aromatic carbocycles. The summed E-state index contributed by atoms with van der Waals surface area (Å²) >= 11 is 5.89. The van der Waals surface area contributed by atoms with E-state index in [2.05, 4.69) is 0 Å². The summed E-state index contributed by atoms with van der Waals surface area (Å²) in [6, 6.07) is 5.16. The van der Waals surface area contributed by atoms with Crippen molar-refractivity contribution in [1.82, 2.24) is 0 Å². The van der Waals surface area contributed by atoms with E-state index in [9.17, 15) is 0 Å². The minimum atomic E-state index is 0.0141. The van der Waals surface area contributed by atoms with Crippen LogP contribution in [0.25, 0.3) is 0 Å². The third kappa shape index (κ3) is 2.47. The molecule has 0 amide bonds. The molecule has 0 unspecified atom stereocenters. The number of halogens is 1. The van der Waals surface area contributed by atoms with Crippen LogP contribution in [-0.2, 0) is 0 Å². The van der Waals surface area contributed by atoms with Gasteiger partial charge in [0.05, 0.1) is 12.2 Å². The molecule has 1 aliphatic rings. The fourth-order valence-corrected chi connectivity index (χ4v) is 1.87. The predicted molar refractivity (Wildman–Crippen MR) is 65.3 cm³/mol. The van der Waals surface area contributed by atoms with Gasteiger partial charge in [0, 0.05) is 5.02 Å². The van der Waals surface area contributed by atoms with Crippen LogP contribution < -0.4 is 10.5 Å². The topological polar surface area (TPSA) is 59.1 Å². The molecule has 0 atom stereocenters. The van der Waals surface area contributed by atoms with Gasteiger partial charge >= 0.3 is 0 Å². The number of nitrogens with one attached hydrogen (secondary N) is 1. The third-order valence-corrected chi connectivity index (χ3v) is 3.17. The van der Waals surface area contributed by atoms with Crippen LogP contribution in [0.2, 0.25) is 5.02 Å². The van der Waals surface area contributed by atoms with Crippen molar-refractivity contribution in [2.45, 2.75) is 19.3 Å². The van der Waals surface area contributed by atoms with E-state index < -0.39 is 0 Å². The zero-order valence-electron chi connectivity index (χ0n) is 9.00. The van der Waals surface area contributed by atoms with Crippen LogP contribution >= 0.6 is 11.6 Å². The second kappa shape index (κ2) is 4.74. The van der Waals surface area contributed by atoms with Crippen LogP contribution in [-0.4, -0.2) is 12.4 Å². The largest absolute Gasteiger partial charge is 0.492 e. The molecule has 1 aromatic rings. The van der Waals surface area contributed by atoms with Crippen molar-refractivity contribution in [3.05, 3.63) is 28.8 Å². The monoisotopic (exact) mass is 238 g/mol. The molecule has 0 saturated heterocycles. The summed E-state index contributed by atoms with van der Waals surface area (Å²) in [5.41, 5.74) is 6.09. The Kier molecular flexibility index (Phi) is 3.34. The summed E-state index contributed by atoms with van der Waals surface area (Å²) in [5, 5.41) is 8.05. The summed E-state index contributed by atoms with van der Waals surface area (Å²) in [5.74, 6) is 1.28. The molecule has 4 heteroatoms. The first-order chi connectivity index (χ1) is 7.66. The van der Waals surface area contributed by atoms with Crippen LogP contribution in [0, 0.1) is 11.3 Å². The fourth-order valence-electron chi connectivity index (χ4n) is 1.71. The Morgan fingerprint density at radius 3 is 2.81 bits per heavy atom. The van der Waals surface area contributed by atoms with E-state index in [4.69, 9.17) is 27.5 Å². The lowest BCUT2D eigenvalue weighted by atomic mass is 9.86. The smallest absolute Gasteiger partial charge is 0.131 e. The Labute approximate surface area is 100 Å². The van der Waals surface area contributed by atoms with Gasteiger partial charge in [0.1, 0.15) is 11.6 Å². The van der Waals surface area contributed by atoms with E-state index in [0.717, 1.165) is 0 Å². The maximum absolute atomic E-state index is 7.45. The summed E-state index contributed by atoms with van der Waals surface area (Å²) in [4.78, 5) is 0. The van der Waals surface area contributed by atoms with Crippen molar-refractivity contribution in [2.24, 2.45) is 11.7 Å². The molecule has 3 N–H and O–H groups in total. The highest BCUT2D eigenvalue weighted by atomic mass is 35.5. The molecule has 0 spiro atoms. The molecule has 1 saturated carbocycles. The molecule has 0 aliphatic heterocycles. The average molecular weight is 239 g/mol. The normalized spacial score (nSPS) is 15.6. The third-order valence-electron chi connectivity index (χ3n) is 2.93. The molecule has 0 heterocycles. The number of amidine groups is 1. The molecule has 2 rings (SSSR count). The Balaban J connectivity index is 2.09. The first-order valence-electron chi connectivity index (χ1n) is 5.43. The Bertz CT molecular complexity index is 402. The summed E-state index contributed by atoms with van der Waals surface area (Å²) in [7, 11) is 0. The Hall–Kier alpha value is -1.22. The van der Waals surface area contributed by atoms with Crippen molar-refractivity contribution in [3.8, 4) is 5.75 Å². The summed E-state index contributed by atoms with van der Waals surface area (Å²) in [6.45, 7) is 0.695. The van der Waals surface area contributed by atoms with E-state index >= 15 is 0 Å². The van der Waals surface area contributed by atoms with E-state index in [1.54, 1.807) is 18.2 Å². The quantitative estimate of drug-likeness (QED) is 0.626. The van der Waals surface area contributed by atoms with Gasteiger partial charge in [-0.3, -0.25) is 5.41 Å². The van der Waals surface area contributed by atoms with Crippen molar-refractivity contribution < 1.29 is 4.74 Å². The van der Waals surface area contributed by atoms with Crippen LogP contribution in [0.3, 0.4) is 0 Å². The van der Waals surface area contributed by atoms with Gasteiger partial charge in [0.15, 0.2) is 0 Å². The molecule has 3 nitrogen and oxygen atoms in total. The predicted octanol–water partition coefficient (Wildman–Crippen LogP) is 2.80. The molecular formula is C12H15ClN2O. The van der Waals surface area contributed by atoms with Gasteiger partial charge in [-0.1, -0.05) is 18.0 Å². The Morgan fingerprint density at radius 1 is 1.50 bits per heavy atom. The van der Waals surface area contributed by atoms with Crippen molar-refractivity contribution in [3.63, 3.8) is 0 Å². The summed E-state index contributed by atoms with van der Waals surface area (Å²) in [6.07, 6.45) is 3.76. The highest BCUT2D eigenvalue weighted by Crippen LogP contribution is 2.29. The van der Waals surface area contributed by atoms with Gasteiger partial charge in [-0.05, 0) is 37.0 Å². The van der Waals surface area contributed by atoms with Gasteiger partial charge in [-0.2, -0.15) is 0 Å². The zero-order chi connectivity index (χ0) is 11.5. The number of hydrogen-bond acceptors (Lipinski definition) is 2. The maximum Gasteiger partial charge on any atom is 0.131 e. The first-order valence-corrected chi connectivity index (χ1v) is 5.81. The SMILES string of the molecule is N=C(N)c1ccc(Cl)cc1OCC1CCC1. The fraction of sp³-hybridized carbons (Fsp3) is 0.417.